The fraction of sp³-hybridized carbons (Fsp3) is 0.324. The summed E-state index contributed by atoms with van der Waals surface area (Å²) >= 11 is 0. The molecular weight excluding hydrogens is 584 g/mol. The van der Waals surface area contributed by atoms with Crippen molar-refractivity contribution < 1.29 is 34.1 Å². The van der Waals surface area contributed by atoms with Crippen LogP contribution >= 0.6 is 0 Å². The first-order valence-corrected chi connectivity index (χ1v) is 15.7. The number of rotatable bonds is 15. The van der Waals surface area contributed by atoms with E-state index < -0.39 is 12.1 Å². The van der Waals surface area contributed by atoms with Crippen molar-refractivity contribution in [2.24, 2.45) is 11.1 Å². The van der Waals surface area contributed by atoms with Crippen LogP contribution in [0.4, 0.5) is 4.79 Å². The highest BCUT2D eigenvalue weighted by atomic mass is 16.6. The van der Waals surface area contributed by atoms with Crippen molar-refractivity contribution >= 4 is 28.5 Å². The van der Waals surface area contributed by atoms with Crippen molar-refractivity contribution in [3.63, 3.8) is 0 Å². The van der Waals surface area contributed by atoms with Gasteiger partial charge in [0, 0.05) is 31.8 Å². The van der Waals surface area contributed by atoms with E-state index in [4.69, 9.17) is 19.4 Å². The van der Waals surface area contributed by atoms with Gasteiger partial charge in [0.25, 0.3) is 0 Å². The molecule has 9 heteroatoms. The maximum atomic E-state index is 12.1. The number of amides is 1. The second kappa shape index (κ2) is 16.4. The quantitative estimate of drug-likeness (QED) is 0.0831. The van der Waals surface area contributed by atoms with Crippen molar-refractivity contribution in [3.05, 3.63) is 114 Å². The van der Waals surface area contributed by atoms with Crippen molar-refractivity contribution in [1.82, 2.24) is 4.90 Å². The topological polar surface area (TPSA) is 118 Å². The third-order valence-corrected chi connectivity index (χ3v) is 8.22. The van der Waals surface area contributed by atoms with Crippen molar-refractivity contribution in [3.8, 4) is 5.75 Å². The summed E-state index contributed by atoms with van der Waals surface area (Å²) in [6, 6.07) is 32.3. The number of nitrogens with zero attached hydrogens (tertiary/aromatic N) is 2. The highest BCUT2D eigenvalue weighted by molar-refractivity contribution is 5.91. The van der Waals surface area contributed by atoms with Crippen LogP contribution in [0.1, 0.15) is 41.9 Å². The third kappa shape index (κ3) is 9.31. The Morgan fingerprint density at radius 1 is 0.826 bits per heavy atom. The van der Waals surface area contributed by atoms with Gasteiger partial charge in [-0.15, -0.1) is 0 Å². The summed E-state index contributed by atoms with van der Waals surface area (Å²) in [5.74, 6) is -0.498. The zero-order valence-corrected chi connectivity index (χ0v) is 25.8. The molecule has 0 aromatic heterocycles. The number of fused-ring (bicyclic) bond motifs is 1. The Morgan fingerprint density at radius 2 is 1.59 bits per heavy atom. The maximum Gasteiger partial charge on any atom is 0.407 e. The third-order valence-electron chi connectivity index (χ3n) is 8.22. The van der Waals surface area contributed by atoms with Gasteiger partial charge in [0.1, 0.15) is 12.4 Å². The zero-order chi connectivity index (χ0) is 32.1. The molecular formula is C37H40N2O7. The molecule has 9 nitrogen and oxygen atoms in total. The van der Waals surface area contributed by atoms with E-state index in [1.54, 1.807) is 0 Å². The molecule has 1 saturated heterocycles. The number of carboxylic acids is 1. The van der Waals surface area contributed by atoms with E-state index in [1.165, 1.54) is 4.90 Å². The summed E-state index contributed by atoms with van der Waals surface area (Å²) in [5, 5.41) is 25.6. The standard InChI is InChI=1S/C37H40N2O7/c40-36(41)18-22-46-38-35(24-28-11-12-29-9-4-5-10-31(29)23-28)34-25-39(37(42)43)19-17-33(34)30-13-15-32(16-14-30)45-21-6-20-44-26-27-7-2-1-3-8-27/h1-5,7-16,23,33-34H,6,17-22,24-26H2,(H,40,41)(H,42,43)/b38-35-. The van der Waals surface area contributed by atoms with Crippen molar-refractivity contribution in [1.29, 1.82) is 0 Å². The summed E-state index contributed by atoms with van der Waals surface area (Å²) in [6.45, 7) is 2.31. The lowest BCUT2D eigenvalue weighted by atomic mass is 9.76. The number of piperidine rings is 1. The first-order chi connectivity index (χ1) is 22.5. The Balaban J connectivity index is 1.28. The number of hydrogen-bond donors (Lipinski definition) is 2. The van der Waals surface area contributed by atoms with Crippen LogP contribution in [-0.4, -0.2) is 65.8 Å². The van der Waals surface area contributed by atoms with Gasteiger partial charge in [-0.05, 0) is 51.9 Å². The molecule has 0 aliphatic carbocycles. The highest BCUT2D eigenvalue weighted by Crippen LogP contribution is 2.36. The second-order valence-electron chi connectivity index (χ2n) is 11.5. The van der Waals surface area contributed by atoms with Crippen LogP contribution in [0, 0.1) is 5.92 Å². The summed E-state index contributed by atoms with van der Waals surface area (Å²) in [4.78, 5) is 30.1. The minimum Gasteiger partial charge on any atom is -0.494 e. The summed E-state index contributed by atoms with van der Waals surface area (Å²) < 4.78 is 11.7. The van der Waals surface area contributed by atoms with Gasteiger partial charge in [0.2, 0.25) is 0 Å². The lowest BCUT2D eigenvalue weighted by Gasteiger charge is -2.38. The molecule has 0 spiro atoms. The molecule has 1 amide bonds. The number of likely N-dealkylation sites (tertiary alicyclic amines) is 1. The molecule has 0 saturated carbocycles. The van der Waals surface area contributed by atoms with E-state index in [2.05, 4.69) is 29.4 Å². The van der Waals surface area contributed by atoms with Gasteiger partial charge < -0.3 is 29.4 Å². The van der Waals surface area contributed by atoms with Crippen LogP contribution in [-0.2, 0) is 27.4 Å². The van der Waals surface area contributed by atoms with E-state index >= 15 is 0 Å². The highest BCUT2D eigenvalue weighted by Gasteiger charge is 2.36. The Hall–Kier alpha value is -4.89. The summed E-state index contributed by atoms with van der Waals surface area (Å²) in [6.07, 6.45) is 0.669. The molecule has 46 heavy (non-hydrogen) atoms. The van der Waals surface area contributed by atoms with Crippen LogP contribution in [0.5, 0.6) is 5.75 Å². The van der Waals surface area contributed by atoms with Crippen LogP contribution in [0.3, 0.4) is 0 Å². The van der Waals surface area contributed by atoms with Crippen molar-refractivity contribution in [2.75, 3.05) is 32.9 Å². The first kappa shape index (κ1) is 32.5. The number of benzene rings is 4. The van der Waals surface area contributed by atoms with Crippen LogP contribution in [0.2, 0.25) is 0 Å². The number of ether oxygens (including phenoxy) is 2. The fourth-order valence-electron chi connectivity index (χ4n) is 5.84. The number of hydrogen-bond acceptors (Lipinski definition) is 6. The maximum absolute atomic E-state index is 12.1. The lowest BCUT2D eigenvalue weighted by Crippen LogP contribution is -2.45. The number of carbonyl (C=O) groups is 2. The first-order valence-electron chi connectivity index (χ1n) is 15.7. The van der Waals surface area contributed by atoms with E-state index in [9.17, 15) is 14.7 Å². The van der Waals surface area contributed by atoms with Crippen LogP contribution < -0.4 is 4.74 Å². The molecule has 2 atom stereocenters. The SMILES string of the molecule is O=C(O)CCO/N=C(/Cc1ccc2ccccc2c1)C1CN(C(=O)O)CCC1c1ccc(OCCCOCc2ccccc2)cc1. The molecule has 240 valence electrons. The molecule has 1 aliphatic rings. The van der Waals surface area contributed by atoms with Gasteiger partial charge >= 0.3 is 12.1 Å². The zero-order valence-electron chi connectivity index (χ0n) is 25.8. The minimum atomic E-state index is -0.975. The van der Waals surface area contributed by atoms with Gasteiger partial charge in [-0.2, -0.15) is 0 Å². The average Bonchev–Trinajstić information content (AvgIpc) is 3.08. The van der Waals surface area contributed by atoms with Gasteiger partial charge in [0.05, 0.1) is 32.0 Å². The van der Waals surface area contributed by atoms with Crippen LogP contribution in [0.15, 0.2) is 102 Å². The van der Waals surface area contributed by atoms with Gasteiger partial charge in [-0.3, -0.25) is 4.79 Å². The molecule has 1 fully saturated rings. The Morgan fingerprint density at radius 3 is 2.35 bits per heavy atom. The Kier molecular flexibility index (Phi) is 11.6. The smallest absolute Gasteiger partial charge is 0.407 e. The second-order valence-corrected chi connectivity index (χ2v) is 11.5. The van der Waals surface area contributed by atoms with Crippen molar-refractivity contribution in [2.45, 2.75) is 38.2 Å². The fourth-order valence-corrected chi connectivity index (χ4v) is 5.84. The summed E-state index contributed by atoms with van der Waals surface area (Å²) in [5.41, 5.74) is 3.91. The van der Waals surface area contributed by atoms with Crippen LogP contribution in [0.25, 0.3) is 10.8 Å². The minimum absolute atomic E-state index is 0.0154. The number of aliphatic carboxylic acids is 1. The molecule has 0 bridgehead atoms. The molecule has 1 heterocycles. The Labute approximate surface area is 269 Å². The molecule has 5 rings (SSSR count). The predicted molar refractivity (Wildman–Crippen MR) is 176 cm³/mol. The van der Waals surface area contributed by atoms with E-state index in [0.717, 1.165) is 39.6 Å². The largest absolute Gasteiger partial charge is 0.494 e. The number of oxime groups is 1. The Bertz CT molecular complexity index is 1610. The normalized spacial score (nSPS) is 16.7. The lowest BCUT2D eigenvalue weighted by molar-refractivity contribution is -0.138. The predicted octanol–water partition coefficient (Wildman–Crippen LogP) is 7.00. The van der Waals surface area contributed by atoms with Gasteiger partial charge in [0.15, 0.2) is 0 Å². The molecule has 2 unspecified atom stereocenters. The average molecular weight is 625 g/mol. The van der Waals surface area contributed by atoms with E-state index in [-0.39, 0.29) is 31.4 Å². The molecule has 1 aliphatic heterocycles. The monoisotopic (exact) mass is 624 g/mol. The molecule has 2 N–H and O–H groups in total. The molecule has 4 aromatic rings. The molecule has 0 radical (unpaired) electrons. The molecule has 4 aromatic carbocycles. The van der Waals surface area contributed by atoms with Gasteiger partial charge in [-0.25, -0.2) is 4.79 Å². The summed E-state index contributed by atoms with van der Waals surface area (Å²) in [7, 11) is 0. The van der Waals surface area contributed by atoms with Gasteiger partial charge in [-0.1, -0.05) is 90.1 Å². The van der Waals surface area contributed by atoms with E-state index in [0.29, 0.717) is 44.9 Å². The van der Waals surface area contributed by atoms with E-state index in [1.807, 2.05) is 72.8 Å². The number of carboxylic acid groups (broad SMARTS) is 2.